The number of ether oxygens (including phenoxy) is 1. The Hall–Kier alpha value is -3.06. The van der Waals surface area contributed by atoms with Crippen molar-refractivity contribution in [1.82, 2.24) is 9.97 Å². The molecule has 1 amide bonds. The second-order valence-corrected chi connectivity index (χ2v) is 6.44. The number of nitrogens with zero attached hydrogens (tertiary/aromatic N) is 2. The summed E-state index contributed by atoms with van der Waals surface area (Å²) in [5.74, 6) is -0.866. The Balaban J connectivity index is 1.49. The highest BCUT2D eigenvalue weighted by Gasteiger charge is 2.12. The molecule has 0 aliphatic carbocycles. The molecule has 0 fully saturated rings. The number of aryl methyl sites for hydroxylation is 1. The van der Waals surface area contributed by atoms with E-state index >= 15 is 0 Å². The van der Waals surface area contributed by atoms with E-state index in [1.54, 1.807) is 23.8 Å². The second-order valence-electron chi connectivity index (χ2n) is 5.59. The fraction of sp³-hybridized carbons (Fsp3) is 0.158. The molecule has 0 radical (unpaired) electrons. The summed E-state index contributed by atoms with van der Waals surface area (Å²) in [7, 11) is 0. The first-order chi connectivity index (χ1) is 12.6. The van der Waals surface area contributed by atoms with Crippen LogP contribution in [-0.4, -0.2) is 28.5 Å². The van der Waals surface area contributed by atoms with Gasteiger partial charge in [-0.2, -0.15) is 0 Å². The molecule has 2 aromatic heterocycles. The Morgan fingerprint density at radius 1 is 1.19 bits per heavy atom. The summed E-state index contributed by atoms with van der Waals surface area (Å²) >= 11 is 1.43. The highest BCUT2D eigenvalue weighted by molar-refractivity contribution is 7.13. The van der Waals surface area contributed by atoms with Gasteiger partial charge in [0.15, 0.2) is 6.61 Å². The predicted octanol–water partition coefficient (Wildman–Crippen LogP) is 3.24. The summed E-state index contributed by atoms with van der Waals surface area (Å²) < 4.78 is 5.04. The lowest BCUT2D eigenvalue weighted by molar-refractivity contribution is -0.146. The first kappa shape index (κ1) is 17.8. The first-order valence-electron chi connectivity index (χ1n) is 7.98. The minimum Gasteiger partial charge on any atom is -0.455 e. The zero-order valence-electron chi connectivity index (χ0n) is 14.1. The van der Waals surface area contributed by atoms with Gasteiger partial charge in [-0.25, -0.2) is 4.98 Å². The van der Waals surface area contributed by atoms with Crippen molar-refractivity contribution < 1.29 is 14.3 Å². The number of para-hydroxylation sites is 1. The normalized spacial score (nSPS) is 10.3. The van der Waals surface area contributed by atoms with Crippen LogP contribution in [0.2, 0.25) is 0 Å². The molecule has 1 aromatic carbocycles. The van der Waals surface area contributed by atoms with Crippen LogP contribution >= 0.6 is 11.3 Å². The third-order valence-corrected chi connectivity index (χ3v) is 4.51. The molecule has 3 rings (SSSR count). The van der Waals surface area contributed by atoms with Crippen LogP contribution in [0.5, 0.6) is 0 Å². The van der Waals surface area contributed by atoms with Gasteiger partial charge in [0.25, 0.3) is 5.91 Å². The van der Waals surface area contributed by atoms with Crippen molar-refractivity contribution in [2.75, 3.05) is 11.9 Å². The van der Waals surface area contributed by atoms with E-state index in [0.717, 1.165) is 16.1 Å². The summed E-state index contributed by atoms with van der Waals surface area (Å²) in [6.45, 7) is 1.57. The standard InChI is InChI=1S/C19H17N3O3S/c1-13-5-2-3-7-16(13)22-17(23)11-25-18(24)9-15-12-26-19(21-15)14-6-4-8-20-10-14/h2-8,10,12H,9,11H2,1H3,(H,22,23). The molecule has 132 valence electrons. The van der Waals surface area contributed by atoms with Crippen molar-refractivity contribution >= 4 is 28.9 Å². The number of benzene rings is 1. The van der Waals surface area contributed by atoms with Crippen molar-refractivity contribution in [2.45, 2.75) is 13.3 Å². The fourth-order valence-electron chi connectivity index (χ4n) is 2.25. The van der Waals surface area contributed by atoms with Crippen molar-refractivity contribution in [1.29, 1.82) is 0 Å². The molecule has 1 N–H and O–H groups in total. The van der Waals surface area contributed by atoms with Gasteiger partial charge in [0, 0.05) is 29.0 Å². The molecule has 0 aliphatic rings. The fourth-order valence-corrected chi connectivity index (χ4v) is 3.06. The number of rotatable bonds is 6. The predicted molar refractivity (Wildman–Crippen MR) is 99.8 cm³/mol. The van der Waals surface area contributed by atoms with Crippen molar-refractivity contribution in [3.8, 4) is 10.6 Å². The maximum atomic E-state index is 11.9. The molecular formula is C19H17N3O3S. The summed E-state index contributed by atoms with van der Waals surface area (Å²) in [4.78, 5) is 32.3. The van der Waals surface area contributed by atoms with Crippen LogP contribution in [0.25, 0.3) is 10.6 Å². The third-order valence-electron chi connectivity index (χ3n) is 3.57. The first-order valence-corrected chi connectivity index (χ1v) is 8.85. The van der Waals surface area contributed by atoms with Gasteiger partial charge in [-0.15, -0.1) is 11.3 Å². The van der Waals surface area contributed by atoms with E-state index in [-0.39, 0.29) is 18.9 Å². The quantitative estimate of drug-likeness (QED) is 0.677. The molecule has 0 spiro atoms. The SMILES string of the molecule is Cc1ccccc1NC(=O)COC(=O)Cc1csc(-c2cccnc2)n1. The number of pyridine rings is 1. The number of aromatic nitrogens is 2. The van der Waals surface area contributed by atoms with E-state index in [0.29, 0.717) is 11.4 Å². The van der Waals surface area contributed by atoms with E-state index in [4.69, 9.17) is 4.74 Å². The average molecular weight is 367 g/mol. The summed E-state index contributed by atoms with van der Waals surface area (Å²) in [6, 6.07) is 11.1. The van der Waals surface area contributed by atoms with Gasteiger partial charge < -0.3 is 10.1 Å². The van der Waals surface area contributed by atoms with Gasteiger partial charge in [0.2, 0.25) is 0 Å². The van der Waals surface area contributed by atoms with Crippen LogP contribution in [-0.2, 0) is 20.7 Å². The van der Waals surface area contributed by atoms with Crippen LogP contribution in [0.4, 0.5) is 5.69 Å². The van der Waals surface area contributed by atoms with Gasteiger partial charge in [0.1, 0.15) is 5.01 Å². The van der Waals surface area contributed by atoms with E-state index < -0.39 is 5.97 Å². The smallest absolute Gasteiger partial charge is 0.312 e. The highest BCUT2D eigenvalue weighted by Crippen LogP contribution is 2.22. The van der Waals surface area contributed by atoms with E-state index in [9.17, 15) is 9.59 Å². The molecule has 0 saturated carbocycles. The number of thiazole rings is 1. The number of hydrogen-bond donors (Lipinski definition) is 1. The lowest BCUT2D eigenvalue weighted by Gasteiger charge is -2.08. The Morgan fingerprint density at radius 3 is 2.81 bits per heavy atom. The van der Waals surface area contributed by atoms with Gasteiger partial charge >= 0.3 is 5.97 Å². The molecule has 0 atom stereocenters. The van der Waals surface area contributed by atoms with Gasteiger partial charge in [0.05, 0.1) is 12.1 Å². The second kappa shape index (κ2) is 8.35. The Morgan fingerprint density at radius 2 is 2.04 bits per heavy atom. The third kappa shape index (κ3) is 4.73. The summed E-state index contributed by atoms with van der Waals surface area (Å²) in [5, 5.41) is 5.31. The molecular weight excluding hydrogens is 350 g/mol. The minimum absolute atomic E-state index is 0.0222. The molecule has 2 heterocycles. The zero-order valence-corrected chi connectivity index (χ0v) is 15.0. The highest BCUT2D eigenvalue weighted by atomic mass is 32.1. The van der Waals surface area contributed by atoms with Crippen LogP contribution in [0, 0.1) is 6.92 Å². The van der Waals surface area contributed by atoms with E-state index in [1.807, 2.05) is 37.3 Å². The maximum absolute atomic E-state index is 11.9. The summed E-state index contributed by atoms with van der Waals surface area (Å²) in [6.07, 6.45) is 3.43. The Bertz CT molecular complexity index is 909. The number of hydrogen-bond acceptors (Lipinski definition) is 6. The molecule has 26 heavy (non-hydrogen) atoms. The zero-order chi connectivity index (χ0) is 18.4. The molecule has 0 unspecified atom stereocenters. The average Bonchev–Trinajstić information content (AvgIpc) is 3.11. The van der Waals surface area contributed by atoms with Crippen molar-refractivity contribution in [2.24, 2.45) is 0 Å². The molecule has 7 heteroatoms. The number of anilines is 1. The van der Waals surface area contributed by atoms with Gasteiger partial charge in [-0.1, -0.05) is 18.2 Å². The number of amides is 1. The number of nitrogens with one attached hydrogen (secondary N) is 1. The molecule has 0 saturated heterocycles. The topological polar surface area (TPSA) is 81.2 Å². The molecule has 6 nitrogen and oxygen atoms in total. The van der Waals surface area contributed by atoms with E-state index in [2.05, 4.69) is 15.3 Å². The largest absolute Gasteiger partial charge is 0.455 e. The number of esters is 1. The lowest BCUT2D eigenvalue weighted by Crippen LogP contribution is -2.22. The monoisotopic (exact) mass is 367 g/mol. The molecule has 0 aliphatic heterocycles. The maximum Gasteiger partial charge on any atom is 0.312 e. The molecule has 3 aromatic rings. The lowest BCUT2D eigenvalue weighted by atomic mass is 10.2. The summed E-state index contributed by atoms with van der Waals surface area (Å²) in [5.41, 5.74) is 3.15. The van der Waals surface area contributed by atoms with E-state index in [1.165, 1.54) is 11.3 Å². The Labute approximate surface area is 154 Å². The minimum atomic E-state index is -0.493. The Kier molecular flexibility index (Phi) is 5.70. The van der Waals surface area contributed by atoms with Crippen LogP contribution < -0.4 is 5.32 Å². The van der Waals surface area contributed by atoms with Crippen molar-refractivity contribution in [3.05, 3.63) is 65.4 Å². The van der Waals surface area contributed by atoms with Crippen LogP contribution in [0.1, 0.15) is 11.3 Å². The van der Waals surface area contributed by atoms with Gasteiger partial charge in [-0.3, -0.25) is 14.6 Å². The number of carbonyl (C=O) groups excluding carboxylic acids is 2. The van der Waals surface area contributed by atoms with Crippen molar-refractivity contribution in [3.63, 3.8) is 0 Å². The van der Waals surface area contributed by atoms with Gasteiger partial charge in [-0.05, 0) is 30.7 Å². The van der Waals surface area contributed by atoms with Crippen LogP contribution in [0.3, 0.4) is 0 Å². The number of carbonyl (C=O) groups is 2. The molecule has 0 bridgehead atoms. The van der Waals surface area contributed by atoms with Crippen LogP contribution in [0.15, 0.2) is 54.2 Å².